The number of nitrogens with zero attached hydrogens (tertiary/aromatic N) is 3. The van der Waals surface area contributed by atoms with Crippen molar-refractivity contribution in [2.75, 3.05) is 21.6 Å². The molecule has 148 valence electrons. The minimum Gasteiger partial charge on any atom is -0.299 e. The summed E-state index contributed by atoms with van der Waals surface area (Å²) in [6, 6.07) is 3.33. The molecule has 1 N–H and O–H groups in total. The van der Waals surface area contributed by atoms with Crippen molar-refractivity contribution in [1.82, 2.24) is 10.2 Å². The first-order chi connectivity index (χ1) is 12.6. The topological polar surface area (TPSA) is 92.3 Å². The van der Waals surface area contributed by atoms with E-state index in [1.165, 1.54) is 36.5 Å². The summed E-state index contributed by atoms with van der Waals surface area (Å²) in [5, 5.41) is 11.3. The average molecular weight is 469 g/mol. The first kappa shape index (κ1) is 22.2. The van der Waals surface area contributed by atoms with E-state index in [0.717, 1.165) is 27.1 Å². The summed E-state index contributed by atoms with van der Waals surface area (Å²) in [5.74, 6) is 0.368. The Bertz CT molecular complexity index is 921. The van der Waals surface area contributed by atoms with E-state index in [-0.39, 0.29) is 15.7 Å². The van der Waals surface area contributed by atoms with Crippen molar-refractivity contribution in [3.05, 3.63) is 28.2 Å². The molecule has 0 aliphatic rings. The van der Waals surface area contributed by atoms with E-state index < -0.39 is 22.0 Å². The van der Waals surface area contributed by atoms with E-state index in [4.69, 9.17) is 23.2 Å². The van der Waals surface area contributed by atoms with Gasteiger partial charge in [0, 0.05) is 5.75 Å². The predicted molar refractivity (Wildman–Crippen MR) is 113 cm³/mol. The Morgan fingerprint density at radius 2 is 2.04 bits per heavy atom. The summed E-state index contributed by atoms with van der Waals surface area (Å²) in [6.07, 6.45) is 2.01. The molecule has 27 heavy (non-hydrogen) atoms. The van der Waals surface area contributed by atoms with Crippen molar-refractivity contribution in [2.24, 2.45) is 0 Å². The molecule has 0 saturated carbocycles. The summed E-state index contributed by atoms with van der Waals surface area (Å²) >= 11 is 14.7. The van der Waals surface area contributed by atoms with Gasteiger partial charge in [-0.05, 0) is 31.5 Å². The fourth-order valence-electron chi connectivity index (χ4n) is 2.15. The third-order valence-corrected chi connectivity index (χ3v) is 7.47. The molecule has 1 heterocycles. The first-order valence-electron chi connectivity index (χ1n) is 7.85. The summed E-state index contributed by atoms with van der Waals surface area (Å²) in [5.41, 5.74) is 0.242. The van der Waals surface area contributed by atoms with Gasteiger partial charge in [0.1, 0.15) is 6.04 Å². The standard InChI is InChI=1S/C15H18Cl2N4O3S3/c1-4-7-25-15-20-19-14(26-15)18-13(22)9(2)21(27(3,23)24)10-5-6-11(16)12(17)8-10/h5-6,8-9H,4,7H2,1-3H3,(H,18,19,22)/t9-/m0/s1. The van der Waals surface area contributed by atoms with Crippen molar-refractivity contribution in [1.29, 1.82) is 0 Å². The van der Waals surface area contributed by atoms with Gasteiger partial charge >= 0.3 is 0 Å². The largest absolute Gasteiger partial charge is 0.299 e. The van der Waals surface area contributed by atoms with Crippen LogP contribution in [-0.4, -0.2) is 42.6 Å². The van der Waals surface area contributed by atoms with Crippen LogP contribution < -0.4 is 9.62 Å². The molecular weight excluding hydrogens is 451 g/mol. The fraction of sp³-hybridized carbons (Fsp3) is 0.400. The number of benzene rings is 1. The molecule has 0 aliphatic carbocycles. The Labute approximate surface area is 176 Å². The molecule has 1 aromatic heterocycles. The molecule has 2 aromatic rings. The second kappa shape index (κ2) is 9.42. The number of thioether (sulfide) groups is 1. The average Bonchev–Trinajstić information content (AvgIpc) is 3.02. The Balaban J connectivity index is 2.22. The monoisotopic (exact) mass is 468 g/mol. The second-order valence-corrected chi connectivity index (χ2v) is 10.5. The van der Waals surface area contributed by atoms with E-state index in [1.807, 2.05) is 0 Å². The van der Waals surface area contributed by atoms with Crippen LogP contribution in [0.5, 0.6) is 0 Å². The maximum Gasteiger partial charge on any atom is 0.249 e. The SMILES string of the molecule is CCCSc1nnc(NC(=O)[C@H](C)N(c2ccc(Cl)c(Cl)c2)S(C)(=O)=O)s1. The molecule has 0 spiro atoms. The Morgan fingerprint density at radius 3 is 2.63 bits per heavy atom. The van der Waals surface area contributed by atoms with Crippen LogP contribution in [0.1, 0.15) is 20.3 Å². The van der Waals surface area contributed by atoms with Gasteiger partial charge in [-0.15, -0.1) is 10.2 Å². The quantitative estimate of drug-likeness (QED) is 0.462. The highest BCUT2D eigenvalue weighted by atomic mass is 35.5. The van der Waals surface area contributed by atoms with Gasteiger partial charge in [0.05, 0.1) is 22.0 Å². The number of halogens is 2. The second-order valence-electron chi connectivity index (χ2n) is 5.54. The maximum atomic E-state index is 12.6. The zero-order valence-corrected chi connectivity index (χ0v) is 18.7. The zero-order chi connectivity index (χ0) is 20.2. The highest BCUT2D eigenvalue weighted by molar-refractivity contribution is 8.01. The molecule has 1 aromatic carbocycles. The molecule has 0 radical (unpaired) electrons. The van der Waals surface area contributed by atoms with Crippen LogP contribution >= 0.6 is 46.3 Å². The van der Waals surface area contributed by atoms with Gasteiger partial charge in [0.15, 0.2) is 4.34 Å². The fourth-order valence-corrected chi connectivity index (χ4v) is 5.29. The van der Waals surface area contributed by atoms with Crippen molar-refractivity contribution < 1.29 is 13.2 Å². The van der Waals surface area contributed by atoms with Crippen LogP contribution in [0, 0.1) is 0 Å². The highest BCUT2D eigenvalue weighted by Crippen LogP contribution is 2.30. The third-order valence-electron chi connectivity index (χ3n) is 3.31. The number of aromatic nitrogens is 2. The van der Waals surface area contributed by atoms with E-state index in [1.54, 1.807) is 11.8 Å². The van der Waals surface area contributed by atoms with E-state index in [9.17, 15) is 13.2 Å². The predicted octanol–water partition coefficient (Wildman–Crippen LogP) is 4.14. The van der Waals surface area contributed by atoms with E-state index in [2.05, 4.69) is 22.4 Å². The van der Waals surface area contributed by atoms with Crippen molar-refractivity contribution in [3.8, 4) is 0 Å². The van der Waals surface area contributed by atoms with Gasteiger partial charge in [-0.3, -0.25) is 14.4 Å². The molecule has 0 bridgehead atoms. The molecule has 0 unspecified atom stereocenters. The molecule has 12 heteroatoms. The van der Waals surface area contributed by atoms with E-state index in [0.29, 0.717) is 5.13 Å². The number of anilines is 2. The molecular formula is C15H18Cl2N4O3S3. The van der Waals surface area contributed by atoms with Crippen molar-refractivity contribution >= 4 is 73.0 Å². The maximum absolute atomic E-state index is 12.6. The molecule has 2 rings (SSSR count). The zero-order valence-electron chi connectivity index (χ0n) is 14.8. The normalized spacial score (nSPS) is 12.6. The van der Waals surface area contributed by atoms with Crippen LogP contribution in [-0.2, 0) is 14.8 Å². The molecule has 0 aliphatic heterocycles. The molecule has 1 atom stereocenters. The first-order valence-corrected chi connectivity index (χ1v) is 12.3. The number of carbonyl (C=O) groups is 1. The number of hydrogen-bond donors (Lipinski definition) is 1. The van der Waals surface area contributed by atoms with Gasteiger partial charge in [-0.1, -0.05) is 53.2 Å². The minimum absolute atomic E-state index is 0.192. The number of carbonyl (C=O) groups excluding carboxylic acids is 1. The minimum atomic E-state index is -3.76. The molecule has 0 saturated heterocycles. The van der Waals surface area contributed by atoms with Gasteiger partial charge in [0.25, 0.3) is 0 Å². The lowest BCUT2D eigenvalue weighted by atomic mass is 10.2. The van der Waals surface area contributed by atoms with Gasteiger partial charge < -0.3 is 0 Å². The molecule has 0 fully saturated rings. The smallest absolute Gasteiger partial charge is 0.249 e. The number of nitrogens with one attached hydrogen (secondary N) is 1. The Hall–Kier alpha value is -1.07. The Kier molecular flexibility index (Phi) is 7.75. The lowest BCUT2D eigenvalue weighted by Crippen LogP contribution is -2.45. The summed E-state index contributed by atoms with van der Waals surface area (Å²) in [7, 11) is -3.76. The number of amides is 1. The van der Waals surface area contributed by atoms with Gasteiger partial charge in [0.2, 0.25) is 21.1 Å². The lowest BCUT2D eigenvalue weighted by molar-refractivity contribution is -0.116. The van der Waals surface area contributed by atoms with Crippen molar-refractivity contribution in [2.45, 2.75) is 30.6 Å². The van der Waals surface area contributed by atoms with Gasteiger partial charge in [-0.25, -0.2) is 8.42 Å². The van der Waals surface area contributed by atoms with Crippen LogP contribution in [0.3, 0.4) is 0 Å². The summed E-state index contributed by atoms with van der Waals surface area (Å²) < 4.78 is 26.3. The number of sulfonamides is 1. The number of rotatable bonds is 8. The molecule has 1 amide bonds. The third kappa shape index (κ3) is 5.95. The van der Waals surface area contributed by atoms with Crippen LogP contribution in [0.25, 0.3) is 0 Å². The van der Waals surface area contributed by atoms with Crippen molar-refractivity contribution in [3.63, 3.8) is 0 Å². The number of hydrogen-bond acceptors (Lipinski definition) is 7. The summed E-state index contributed by atoms with van der Waals surface area (Å²) in [6.45, 7) is 3.54. The Morgan fingerprint density at radius 1 is 1.33 bits per heavy atom. The van der Waals surface area contributed by atoms with Crippen LogP contribution in [0.2, 0.25) is 10.0 Å². The van der Waals surface area contributed by atoms with Crippen LogP contribution in [0.4, 0.5) is 10.8 Å². The molecule has 7 nitrogen and oxygen atoms in total. The van der Waals surface area contributed by atoms with Gasteiger partial charge in [-0.2, -0.15) is 0 Å². The van der Waals surface area contributed by atoms with E-state index >= 15 is 0 Å². The summed E-state index contributed by atoms with van der Waals surface area (Å²) in [4.78, 5) is 12.6. The van der Waals surface area contributed by atoms with Crippen LogP contribution in [0.15, 0.2) is 22.5 Å². The highest BCUT2D eigenvalue weighted by Gasteiger charge is 2.30. The lowest BCUT2D eigenvalue weighted by Gasteiger charge is -2.28.